The van der Waals surface area contributed by atoms with Crippen molar-refractivity contribution in [1.82, 2.24) is 0 Å². The van der Waals surface area contributed by atoms with Crippen LogP contribution in [0.3, 0.4) is 0 Å². The van der Waals surface area contributed by atoms with E-state index >= 15 is 0 Å². The molecule has 0 aliphatic carbocycles. The molecule has 0 bridgehead atoms. The van der Waals surface area contributed by atoms with Gasteiger partial charge in [0.15, 0.2) is 0 Å². The number of rotatable bonds is 4. The molecule has 96 valence electrons. The third-order valence-electron chi connectivity index (χ3n) is 1.54. The molecule has 0 spiro atoms. The lowest BCUT2D eigenvalue weighted by Crippen LogP contribution is -3.62. The van der Waals surface area contributed by atoms with Gasteiger partial charge in [-0.3, -0.25) is 0 Å². The summed E-state index contributed by atoms with van der Waals surface area (Å²) in [5.41, 5.74) is -5.38. The largest absolute Gasteiger partial charge is 0.540 e. The summed E-state index contributed by atoms with van der Waals surface area (Å²) in [6.45, 7) is 0. The molecule has 1 rings (SSSR count). The highest BCUT2D eigenvalue weighted by atomic mass is 127. The SMILES string of the molecule is COc1ccc([I+]OS(=O)(=O)C(F)(F)F)cc1. The van der Waals surface area contributed by atoms with Crippen molar-refractivity contribution in [2.24, 2.45) is 0 Å². The lowest BCUT2D eigenvalue weighted by atomic mass is 10.3. The third-order valence-corrected chi connectivity index (χ3v) is 5.52. The summed E-state index contributed by atoms with van der Waals surface area (Å²) in [5.74, 6) is 0.524. The van der Waals surface area contributed by atoms with Gasteiger partial charge >= 0.3 is 37.2 Å². The Labute approximate surface area is 107 Å². The minimum Gasteiger partial charge on any atom is -0.497 e. The molecule has 0 saturated carbocycles. The summed E-state index contributed by atoms with van der Waals surface area (Å²) in [6, 6.07) is 5.94. The predicted octanol–water partition coefficient (Wildman–Crippen LogP) is -1.27. The molecule has 1 aromatic carbocycles. The van der Waals surface area contributed by atoms with Crippen molar-refractivity contribution >= 4 is 10.1 Å². The average Bonchev–Trinajstić information content (AvgIpc) is 2.25. The molecule has 0 aliphatic heterocycles. The molecule has 4 nitrogen and oxygen atoms in total. The summed E-state index contributed by atoms with van der Waals surface area (Å²) in [6.07, 6.45) is 0. The smallest absolute Gasteiger partial charge is 0.497 e. The number of alkyl halides is 3. The van der Waals surface area contributed by atoms with E-state index in [0.717, 1.165) is 0 Å². The molecule has 0 aliphatic rings. The first-order valence-corrected chi connectivity index (χ1v) is 7.42. The topological polar surface area (TPSA) is 52.6 Å². The number of ether oxygens (including phenoxy) is 1. The van der Waals surface area contributed by atoms with Crippen LogP contribution in [0.5, 0.6) is 5.75 Å². The zero-order valence-electron chi connectivity index (χ0n) is 8.36. The van der Waals surface area contributed by atoms with Crippen molar-refractivity contribution < 1.29 is 50.5 Å². The van der Waals surface area contributed by atoms with Crippen LogP contribution < -0.4 is 26.4 Å². The highest BCUT2D eigenvalue weighted by Crippen LogP contribution is 2.22. The molecular weight excluding hydrogens is 376 g/mol. The molecule has 17 heavy (non-hydrogen) atoms. The van der Waals surface area contributed by atoms with Crippen LogP contribution in [0.4, 0.5) is 13.2 Å². The lowest BCUT2D eigenvalue weighted by molar-refractivity contribution is -0.838. The van der Waals surface area contributed by atoms with Gasteiger partial charge in [-0.25, -0.2) is 0 Å². The maximum atomic E-state index is 11.9. The van der Waals surface area contributed by atoms with Crippen LogP contribution in [-0.2, 0) is 12.6 Å². The monoisotopic (exact) mass is 383 g/mol. The number of halogens is 4. The van der Waals surface area contributed by atoms with Crippen molar-refractivity contribution in [2.45, 2.75) is 5.51 Å². The van der Waals surface area contributed by atoms with Crippen LogP contribution in [0.25, 0.3) is 0 Å². The standard InChI is InChI=1S/C8H7F3IO4S/c1-15-7-4-2-6(3-5-7)12-16-17(13,14)8(9,10)11/h2-5H,1H3/q+1. The fourth-order valence-electron chi connectivity index (χ4n) is 0.736. The Kier molecular flexibility index (Phi) is 4.61. The van der Waals surface area contributed by atoms with Gasteiger partial charge in [-0.1, -0.05) is 0 Å². The minimum atomic E-state index is -5.49. The normalized spacial score (nSPS) is 12.5. The number of methoxy groups -OCH3 is 1. The molecule has 0 unspecified atom stereocenters. The molecule has 0 heterocycles. The summed E-state index contributed by atoms with van der Waals surface area (Å²) >= 11 is -1.71. The lowest BCUT2D eigenvalue weighted by Gasteiger charge is -1.99. The Bertz CT molecular complexity index is 469. The van der Waals surface area contributed by atoms with Crippen LogP contribution in [0.15, 0.2) is 24.3 Å². The Hall–Kier alpha value is -0.550. The van der Waals surface area contributed by atoms with Crippen molar-refractivity contribution in [3.05, 3.63) is 27.8 Å². The molecule has 0 N–H and O–H groups in total. The van der Waals surface area contributed by atoms with Gasteiger partial charge in [0.1, 0.15) is 5.75 Å². The molecule has 9 heteroatoms. The van der Waals surface area contributed by atoms with Crippen LogP contribution in [0.2, 0.25) is 0 Å². The van der Waals surface area contributed by atoms with Gasteiger partial charge in [-0.05, 0) is 24.3 Å². The second-order valence-corrected chi connectivity index (χ2v) is 6.96. The quantitative estimate of drug-likeness (QED) is 0.481. The molecule has 0 fully saturated rings. The molecule has 0 radical (unpaired) electrons. The van der Waals surface area contributed by atoms with Gasteiger partial charge < -0.3 is 4.74 Å². The van der Waals surface area contributed by atoms with E-state index in [-0.39, 0.29) is 0 Å². The summed E-state index contributed by atoms with van der Waals surface area (Å²) in [5, 5.41) is 0. The van der Waals surface area contributed by atoms with E-state index in [2.05, 4.69) is 2.51 Å². The van der Waals surface area contributed by atoms with Gasteiger partial charge in [0.05, 0.1) is 7.11 Å². The van der Waals surface area contributed by atoms with Crippen molar-refractivity contribution in [2.75, 3.05) is 7.11 Å². The fraction of sp³-hybridized carbons (Fsp3) is 0.250. The zero-order chi connectivity index (χ0) is 13.1. The van der Waals surface area contributed by atoms with Gasteiger partial charge in [0.25, 0.3) is 0 Å². The molecule has 0 atom stereocenters. The Morgan fingerprint density at radius 2 is 1.71 bits per heavy atom. The van der Waals surface area contributed by atoms with Crippen LogP contribution in [0.1, 0.15) is 0 Å². The second kappa shape index (κ2) is 5.40. The second-order valence-electron chi connectivity index (χ2n) is 2.70. The molecule has 0 saturated heterocycles. The van der Waals surface area contributed by atoms with Crippen molar-refractivity contribution in [3.8, 4) is 5.75 Å². The molecule has 1 aromatic rings. The number of benzene rings is 1. The zero-order valence-corrected chi connectivity index (χ0v) is 11.3. The van der Waals surface area contributed by atoms with Gasteiger partial charge in [-0.15, -0.1) is 0 Å². The minimum absolute atomic E-state index is 0.400. The van der Waals surface area contributed by atoms with E-state index in [0.29, 0.717) is 9.32 Å². The van der Waals surface area contributed by atoms with Gasteiger partial charge in [0, 0.05) is 2.51 Å². The highest BCUT2D eigenvalue weighted by molar-refractivity contribution is 7.87. The Balaban J connectivity index is 2.68. The van der Waals surface area contributed by atoms with Crippen LogP contribution in [0, 0.1) is 3.57 Å². The summed E-state index contributed by atoms with van der Waals surface area (Å²) in [4.78, 5) is 0. The van der Waals surface area contributed by atoms with Crippen molar-refractivity contribution in [1.29, 1.82) is 0 Å². The number of hydrogen-bond acceptors (Lipinski definition) is 4. The van der Waals surface area contributed by atoms with E-state index in [1.54, 1.807) is 0 Å². The van der Waals surface area contributed by atoms with Crippen LogP contribution in [-0.4, -0.2) is 21.0 Å². The fourth-order valence-corrected chi connectivity index (χ4v) is 3.56. The van der Waals surface area contributed by atoms with Gasteiger partial charge in [-0.2, -0.15) is 21.6 Å². The van der Waals surface area contributed by atoms with E-state index < -0.39 is 37.2 Å². The van der Waals surface area contributed by atoms with E-state index in [1.165, 1.54) is 31.4 Å². The molecular formula is C8H7F3IO4S+. The van der Waals surface area contributed by atoms with E-state index in [9.17, 15) is 21.6 Å². The highest BCUT2D eigenvalue weighted by Gasteiger charge is 2.51. The Morgan fingerprint density at radius 1 is 1.18 bits per heavy atom. The first kappa shape index (κ1) is 14.5. The third kappa shape index (κ3) is 4.00. The maximum Gasteiger partial charge on any atom is 0.540 e. The maximum absolute atomic E-state index is 11.9. The predicted molar refractivity (Wildman–Crippen MR) is 47.8 cm³/mol. The first-order chi connectivity index (χ1) is 7.76. The van der Waals surface area contributed by atoms with Crippen molar-refractivity contribution in [3.63, 3.8) is 0 Å². The van der Waals surface area contributed by atoms with E-state index in [1.807, 2.05) is 0 Å². The van der Waals surface area contributed by atoms with E-state index in [4.69, 9.17) is 4.74 Å². The first-order valence-electron chi connectivity index (χ1n) is 4.05. The number of hydrogen-bond donors (Lipinski definition) is 0. The Morgan fingerprint density at radius 3 is 2.12 bits per heavy atom. The molecule has 0 aromatic heterocycles. The van der Waals surface area contributed by atoms with Gasteiger partial charge in [0.2, 0.25) is 3.57 Å². The summed E-state index contributed by atoms with van der Waals surface area (Å²) in [7, 11) is -4.05. The van der Waals surface area contributed by atoms with Crippen LogP contribution >= 0.6 is 0 Å². The molecule has 0 amide bonds. The average molecular weight is 383 g/mol. The summed E-state index contributed by atoms with van der Waals surface area (Å²) < 4.78 is 66.2.